The maximum absolute atomic E-state index is 12.7. The van der Waals surface area contributed by atoms with E-state index in [9.17, 15) is 9.59 Å². The minimum absolute atomic E-state index is 0.0557. The zero-order valence-electron chi connectivity index (χ0n) is 15.6. The number of rotatable bonds is 8. The van der Waals surface area contributed by atoms with E-state index in [1.54, 1.807) is 4.57 Å². The average molecular weight is 378 g/mol. The van der Waals surface area contributed by atoms with E-state index in [4.69, 9.17) is 4.74 Å². The fourth-order valence-corrected chi connectivity index (χ4v) is 4.25. The zero-order valence-corrected chi connectivity index (χ0v) is 16.4. The van der Waals surface area contributed by atoms with Crippen LogP contribution < -0.4 is 5.69 Å². The van der Waals surface area contributed by atoms with Crippen LogP contribution in [0, 0.1) is 13.8 Å². The van der Waals surface area contributed by atoms with Gasteiger partial charge in [0.05, 0.1) is 11.9 Å². The third-order valence-corrected chi connectivity index (χ3v) is 5.76. The second kappa shape index (κ2) is 8.26. The maximum Gasteiger partial charge on any atom is 0.343 e. The summed E-state index contributed by atoms with van der Waals surface area (Å²) in [5.74, 6) is 0.318. The van der Waals surface area contributed by atoms with E-state index in [0.29, 0.717) is 11.7 Å². The summed E-state index contributed by atoms with van der Waals surface area (Å²) in [7, 11) is 0. The molecule has 8 heteroatoms. The van der Waals surface area contributed by atoms with Gasteiger partial charge in [-0.1, -0.05) is 18.7 Å². The first-order valence-corrected chi connectivity index (χ1v) is 10.1. The second-order valence-electron chi connectivity index (χ2n) is 6.71. The lowest BCUT2D eigenvalue weighted by Gasteiger charge is -2.14. The lowest BCUT2D eigenvalue weighted by atomic mass is 10.2. The van der Waals surface area contributed by atoms with Crippen molar-refractivity contribution in [1.82, 2.24) is 19.3 Å². The minimum atomic E-state index is -0.225. The first kappa shape index (κ1) is 19.0. The van der Waals surface area contributed by atoms with E-state index in [1.165, 1.54) is 11.8 Å². The summed E-state index contributed by atoms with van der Waals surface area (Å²) >= 11 is 1.30. The summed E-state index contributed by atoms with van der Waals surface area (Å²) in [6, 6.07) is 1.96. The van der Waals surface area contributed by atoms with Gasteiger partial charge in [0.1, 0.15) is 0 Å². The number of carbonyl (C=O) groups excluding carboxylic acids is 1. The van der Waals surface area contributed by atoms with E-state index in [-0.39, 0.29) is 23.3 Å². The molecule has 26 heavy (non-hydrogen) atoms. The largest absolute Gasteiger partial charge is 0.376 e. The highest BCUT2D eigenvalue weighted by Gasteiger charge is 2.21. The van der Waals surface area contributed by atoms with Gasteiger partial charge in [-0.25, -0.2) is 9.89 Å². The van der Waals surface area contributed by atoms with Crippen LogP contribution in [0.3, 0.4) is 0 Å². The van der Waals surface area contributed by atoms with Crippen molar-refractivity contribution in [2.24, 2.45) is 0 Å². The molecule has 1 aliphatic rings. The molecule has 1 atom stereocenters. The molecule has 1 aliphatic heterocycles. The molecule has 0 spiro atoms. The summed E-state index contributed by atoms with van der Waals surface area (Å²) in [6.45, 7) is 8.24. The molecule has 1 fully saturated rings. The number of nitrogens with zero attached hydrogens (tertiary/aromatic N) is 3. The van der Waals surface area contributed by atoms with Crippen LogP contribution in [0.5, 0.6) is 0 Å². The van der Waals surface area contributed by atoms with E-state index in [1.807, 2.05) is 26.8 Å². The number of hydrogen-bond acceptors (Lipinski definition) is 5. The van der Waals surface area contributed by atoms with Gasteiger partial charge >= 0.3 is 5.69 Å². The SMILES string of the molecule is CCCn1c(SCC(=O)c2cc(C)n(C[C@H]3CCCO3)c2C)n[nH]c1=O. The number of Topliss-reactive ketones (excluding diaryl/α,β-unsaturated/α-hetero) is 1. The molecule has 0 aromatic carbocycles. The van der Waals surface area contributed by atoms with Crippen LogP contribution >= 0.6 is 11.8 Å². The van der Waals surface area contributed by atoms with Crippen molar-refractivity contribution < 1.29 is 9.53 Å². The molecule has 0 saturated carbocycles. The summed E-state index contributed by atoms with van der Waals surface area (Å²) in [5, 5.41) is 7.05. The molecule has 3 heterocycles. The normalized spacial score (nSPS) is 17.1. The number of ketones is 1. The fraction of sp³-hybridized carbons (Fsp3) is 0.611. The summed E-state index contributed by atoms with van der Waals surface area (Å²) < 4.78 is 9.48. The van der Waals surface area contributed by atoms with Crippen LogP contribution in [0.1, 0.15) is 47.9 Å². The molecule has 1 saturated heterocycles. The number of hydrogen-bond donors (Lipinski definition) is 1. The van der Waals surface area contributed by atoms with Crippen LogP contribution in [-0.2, 0) is 17.8 Å². The average Bonchev–Trinajstić information content (AvgIpc) is 3.32. The Bertz CT molecular complexity index is 830. The Hall–Kier alpha value is -1.80. The molecular formula is C18H26N4O3S. The molecule has 7 nitrogen and oxygen atoms in total. The van der Waals surface area contributed by atoms with E-state index in [0.717, 1.165) is 49.4 Å². The van der Waals surface area contributed by atoms with Gasteiger partial charge < -0.3 is 9.30 Å². The standard InChI is InChI=1S/C18H26N4O3S/c1-4-7-21-17(24)19-20-18(21)26-11-16(23)15-9-12(2)22(13(15)3)10-14-6-5-8-25-14/h9,14H,4-8,10-11H2,1-3H3,(H,19,24)/t14-/m1/s1. The van der Waals surface area contributed by atoms with Crippen molar-refractivity contribution >= 4 is 17.5 Å². The van der Waals surface area contributed by atoms with Gasteiger partial charge in [-0.15, -0.1) is 5.10 Å². The van der Waals surface area contributed by atoms with E-state index < -0.39 is 0 Å². The van der Waals surface area contributed by atoms with Crippen LogP contribution in [-0.4, -0.2) is 43.6 Å². The number of H-pyrrole nitrogens is 1. The number of thioether (sulfide) groups is 1. The van der Waals surface area contributed by atoms with Crippen molar-refractivity contribution in [3.63, 3.8) is 0 Å². The summed E-state index contributed by atoms with van der Waals surface area (Å²) in [6.07, 6.45) is 3.26. The highest BCUT2D eigenvalue weighted by Crippen LogP contribution is 2.23. The van der Waals surface area contributed by atoms with Crippen molar-refractivity contribution in [2.75, 3.05) is 12.4 Å². The highest BCUT2D eigenvalue weighted by molar-refractivity contribution is 7.99. The smallest absolute Gasteiger partial charge is 0.343 e. The molecular weight excluding hydrogens is 352 g/mol. The van der Waals surface area contributed by atoms with E-state index >= 15 is 0 Å². The van der Waals surface area contributed by atoms with Gasteiger partial charge in [-0.05, 0) is 39.2 Å². The van der Waals surface area contributed by atoms with Crippen molar-refractivity contribution in [3.8, 4) is 0 Å². The number of carbonyl (C=O) groups is 1. The molecule has 0 radical (unpaired) electrons. The quantitative estimate of drug-likeness (QED) is 0.564. The monoisotopic (exact) mass is 378 g/mol. The molecule has 142 valence electrons. The van der Waals surface area contributed by atoms with Gasteiger partial charge in [0, 0.05) is 36.6 Å². The Morgan fingerprint density at radius 1 is 1.42 bits per heavy atom. The zero-order chi connectivity index (χ0) is 18.7. The molecule has 1 N–H and O–H groups in total. The number of aromatic amines is 1. The Balaban J connectivity index is 1.69. The first-order valence-electron chi connectivity index (χ1n) is 9.10. The van der Waals surface area contributed by atoms with Crippen LogP contribution in [0.15, 0.2) is 16.0 Å². The van der Waals surface area contributed by atoms with Gasteiger partial charge in [-0.3, -0.25) is 9.36 Å². The lowest BCUT2D eigenvalue weighted by molar-refractivity contribution is 0.0957. The Labute approximate surface area is 157 Å². The Morgan fingerprint density at radius 3 is 2.92 bits per heavy atom. The molecule has 3 rings (SSSR count). The van der Waals surface area contributed by atoms with Gasteiger partial charge in [0.25, 0.3) is 0 Å². The molecule has 2 aromatic rings. The summed E-state index contributed by atoms with van der Waals surface area (Å²) in [4.78, 5) is 24.5. The molecule has 2 aromatic heterocycles. The molecule has 0 bridgehead atoms. The van der Waals surface area contributed by atoms with Crippen molar-refractivity contribution in [3.05, 3.63) is 33.5 Å². The van der Waals surface area contributed by atoms with Crippen LogP contribution in [0.25, 0.3) is 0 Å². The second-order valence-corrected chi connectivity index (χ2v) is 7.65. The highest BCUT2D eigenvalue weighted by atomic mass is 32.2. The third-order valence-electron chi connectivity index (χ3n) is 4.79. The molecule has 0 unspecified atom stereocenters. The number of aryl methyl sites for hydroxylation is 1. The topological polar surface area (TPSA) is 81.9 Å². The fourth-order valence-electron chi connectivity index (χ4n) is 3.40. The molecule has 0 aliphatic carbocycles. The van der Waals surface area contributed by atoms with Crippen molar-refractivity contribution in [2.45, 2.75) is 64.4 Å². The van der Waals surface area contributed by atoms with Crippen LogP contribution in [0.2, 0.25) is 0 Å². The minimum Gasteiger partial charge on any atom is -0.376 e. The van der Waals surface area contributed by atoms with Crippen molar-refractivity contribution in [1.29, 1.82) is 0 Å². The molecule has 0 amide bonds. The predicted molar refractivity (Wildman–Crippen MR) is 101 cm³/mol. The number of nitrogens with one attached hydrogen (secondary N) is 1. The van der Waals surface area contributed by atoms with Gasteiger partial charge in [-0.2, -0.15) is 0 Å². The first-order chi connectivity index (χ1) is 12.5. The lowest BCUT2D eigenvalue weighted by Crippen LogP contribution is -2.18. The number of aromatic nitrogens is 4. The Morgan fingerprint density at radius 2 is 2.23 bits per heavy atom. The van der Waals surface area contributed by atoms with Crippen LogP contribution in [0.4, 0.5) is 0 Å². The maximum atomic E-state index is 12.7. The van der Waals surface area contributed by atoms with Gasteiger partial charge in [0.15, 0.2) is 10.9 Å². The third kappa shape index (κ3) is 3.96. The van der Waals surface area contributed by atoms with Gasteiger partial charge in [0.2, 0.25) is 0 Å². The number of ether oxygens (including phenoxy) is 1. The summed E-state index contributed by atoms with van der Waals surface area (Å²) in [5.41, 5.74) is 2.58. The van der Waals surface area contributed by atoms with E-state index in [2.05, 4.69) is 14.8 Å². The Kier molecular flexibility index (Phi) is 6.03. The predicted octanol–water partition coefficient (Wildman–Crippen LogP) is 2.55.